The Morgan fingerprint density at radius 2 is 2.05 bits per heavy atom. The van der Waals surface area contributed by atoms with E-state index in [1.165, 1.54) is 5.56 Å². The summed E-state index contributed by atoms with van der Waals surface area (Å²) in [4.78, 5) is 11.8. The molecule has 1 amide bonds. The second-order valence-corrected chi connectivity index (χ2v) is 5.99. The zero-order chi connectivity index (χ0) is 15.2. The zero-order valence-corrected chi connectivity index (χ0v) is 13.3. The second-order valence-electron chi connectivity index (χ2n) is 5.99. The summed E-state index contributed by atoms with van der Waals surface area (Å²) in [6, 6.07) is 4.24. The summed E-state index contributed by atoms with van der Waals surface area (Å²) in [7, 11) is 0. The van der Waals surface area contributed by atoms with Crippen LogP contribution in [0.2, 0.25) is 0 Å². The van der Waals surface area contributed by atoms with Gasteiger partial charge in [0.1, 0.15) is 12.4 Å². The maximum absolute atomic E-state index is 11.8. The highest BCUT2D eigenvalue weighted by Gasteiger charge is 2.17. The molecule has 0 aliphatic carbocycles. The van der Waals surface area contributed by atoms with Gasteiger partial charge in [0.2, 0.25) is 5.91 Å². The summed E-state index contributed by atoms with van der Waals surface area (Å²) in [5.74, 6) is 1.56. The molecule has 4 nitrogen and oxygen atoms in total. The topological polar surface area (TPSA) is 50.4 Å². The van der Waals surface area contributed by atoms with Crippen molar-refractivity contribution in [3.05, 3.63) is 28.8 Å². The maximum Gasteiger partial charge on any atom is 0.220 e. The molecule has 1 fully saturated rings. The fourth-order valence-corrected chi connectivity index (χ4v) is 2.96. The summed E-state index contributed by atoms with van der Waals surface area (Å²) < 4.78 is 5.82. The molecule has 1 aromatic rings. The van der Waals surface area contributed by atoms with Crippen LogP contribution in [0.4, 0.5) is 0 Å². The van der Waals surface area contributed by atoms with Gasteiger partial charge in [0.05, 0.1) is 6.54 Å². The Morgan fingerprint density at radius 3 is 2.67 bits per heavy atom. The first-order chi connectivity index (χ1) is 10.1. The average Bonchev–Trinajstić information content (AvgIpc) is 2.89. The molecule has 1 aliphatic heterocycles. The van der Waals surface area contributed by atoms with Crippen LogP contribution in [0.15, 0.2) is 12.1 Å². The molecule has 2 N–H and O–H groups in total. The van der Waals surface area contributed by atoms with E-state index in [0.717, 1.165) is 36.4 Å². The number of amides is 1. The van der Waals surface area contributed by atoms with E-state index in [0.29, 0.717) is 25.5 Å². The van der Waals surface area contributed by atoms with Gasteiger partial charge >= 0.3 is 0 Å². The molecule has 0 spiro atoms. The summed E-state index contributed by atoms with van der Waals surface area (Å²) in [5.41, 5.74) is 3.54. The number of hydrogen-bond acceptors (Lipinski definition) is 3. The minimum atomic E-state index is 0.129. The van der Waals surface area contributed by atoms with Crippen molar-refractivity contribution in [1.29, 1.82) is 0 Å². The van der Waals surface area contributed by atoms with Crippen LogP contribution in [0.25, 0.3) is 0 Å². The van der Waals surface area contributed by atoms with Crippen molar-refractivity contribution >= 4 is 5.91 Å². The van der Waals surface area contributed by atoms with Crippen molar-refractivity contribution in [2.24, 2.45) is 5.92 Å². The summed E-state index contributed by atoms with van der Waals surface area (Å²) in [5, 5.41) is 6.22. The lowest BCUT2D eigenvalue weighted by Gasteiger charge is -2.14. The summed E-state index contributed by atoms with van der Waals surface area (Å²) in [6.07, 6.45) is 1.72. The van der Waals surface area contributed by atoms with E-state index in [4.69, 9.17) is 4.74 Å². The van der Waals surface area contributed by atoms with Gasteiger partial charge in [0.25, 0.3) is 0 Å². The van der Waals surface area contributed by atoms with Crippen LogP contribution in [0, 0.1) is 26.7 Å². The van der Waals surface area contributed by atoms with E-state index in [1.807, 2.05) is 0 Å². The van der Waals surface area contributed by atoms with Crippen molar-refractivity contribution in [3.8, 4) is 5.75 Å². The van der Waals surface area contributed by atoms with Crippen LogP contribution in [0.3, 0.4) is 0 Å². The molecule has 1 heterocycles. The van der Waals surface area contributed by atoms with E-state index in [1.54, 1.807) is 0 Å². The predicted molar refractivity (Wildman–Crippen MR) is 84.8 cm³/mol. The van der Waals surface area contributed by atoms with E-state index in [-0.39, 0.29) is 5.91 Å². The molecule has 2 rings (SSSR count). The Balaban J connectivity index is 1.71. The van der Waals surface area contributed by atoms with Crippen molar-refractivity contribution < 1.29 is 9.53 Å². The smallest absolute Gasteiger partial charge is 0.220 e. The molecule has 1 aromatic carbocycles. The standard InChI is InChI=1S/C17H26N2O2/c1-12-8-13(2)17(14(3)9-12)21-7-6-19-16(20)10-15-4-5-18-11-15/h8-9,15,18H,4-7,10-11H2,1-3H3,(H,19,20)/t15-/m0/s1. The summed E-state index contributed by atoms with van der Waals surface area (Å²) in [6.45, 7) is 9.27. The van der Waals surface area contributed by atoms with Crippen LogP contribution in [0.1, 0.15) is 29.5 Å². The molecule has 0 saturated carbocycles. The van der Waals surface area contributed by atoms with Crippen LogP contribution in [-0.2, 0) is 4.79 Å². The average molecular weight is 290 g/mol. The third kappa shape index (κ3) is 4.74. The van der Waals surface area contributed by atoms with E-state index in [9.17, 15) is 4.79 Å². The molecule has 0 radical (unpaired) electrons. The number of carbonyl (C=O) groups excluding carboxylic acids is 1. The van der Waals surface area contributed by atoms with Gasteiger partial charge < -0.3 is 15.4 Å². The molecular formula is C17H26N2O2. The molecular weight excluding hydrogens is 264 g/mol. The van der Waals surface area contributed by atoms with Crippen LogP contribution in [0.5, 0.6) is 5.75 Å². The number of carbonyl (C=O) groups is 1. The third-order valence-electron chi connectivity index (χ3n) is 3.91. The second kappa shape index (κ2) is 7.46. The molecule has 4 heteroatoms. The molecule has 0 unspecified atom stereocenters. The minimum absolute atomic E-state index is 0.129. The molecule has 0 bridgehead atoms. The first kappa shape index (κ1) is 15.8. The number of rotatable bonds is 6. The first-order valence-electron chi connectivity index (χ1n) is 7.74. The van der Waals surface area contributed by atoms with Crippen molar-refractivity contribution in [1.82, 2.24) is 10.6 Å². The quantitative estimate of drug-likeness (QED) is 0.789. The van der Waals surface area contributed by atoms with E-state index < -0.39 is 0 Å². The lowest BCUT2D eigenvalue weighted by atomic mass is 10.0. The Labute approximate surface area is 127 Å². The number of ether oxygens (including phenoxy) is 1. The van der Waals surface area contributed by atoms with Crippen molar-refractivity contribution in [3.63, 3.8) is 0 Å². The highest BCUT2D eigenvalue weighted by atomic mass is 16.5. The van der Waals surface area contributed by atoms with Crippen LogP contribution in [-0.4, -0.2) is 32.1 Å². The lowest BCUT2D eigenvalue weighted by molar-refractivity contribution is -0.122. The van der Waals surface area contributed by atoms with Gasteiger partial charge in [-0.3, -0.25) is 4.79 Å². The zero-order valence-electron chi connectivity index (χ0n) is 13.3. The third-order valence-corrected chi connectivity index (χ3v) is 3.91. The predicted octanol–water partition coefficient (Wildman–Crippen LogP) is 2.11. The van der Waals surface area contributed by atoms with Gasteiger partial charge in [-0.05, 0) is 57.3 Å². The van der Waals surface area contributed by atoms with Gasteiger partial charge in [-0.25, -0.2) is 0 Å². The number of hydrogen-bond donors (Lipinski definition) is 2. The normalized spacial score (nSPS) is 17.8. The van der Waals surface area contributed by atoms with Crippen molar-refractivity contribution in [2.45, 2.75) is 33.6 Å². The van der Waals surface area contributed by atoms with E-state index in [2.05, 4.69) is 43.5 Å². The Bertz CT molecular complexity index is 471. The molecule has 1 atom stereocenters. The fourth-order valence-electron chi connectivity index (χ4n) is 2.96. The molecule has 0 aromatic heterocycles. The van der Waals surface area contributed by atoms with Gasteiger partial charge in [-0.1, -0.05) is 17.7 Å². The highest BCUT2D eigenvalue weighted by molar-refractivity contribution is 5.76. The molecule has 21 heavy (non-hydrogen) atoms. The SMILES string of the molecule is Cc1cc(C)c(OCCNC(=O)C[C@@H]2CCNC2)c(C)c1. The Kier molecular flexibility index (Phi) is 5.62. The fraction of sp³-hybridized carbons (Fsp3) is 0.588. The highest BCUT2D eigenvalue weighted by Crippen LogP contribution is 2.24. The molecule has 1 aliphatic rings. The first-order valence-corrected chi connectivity index (χ1v) is 7.74. The Hall–Kier alpha value is -1.55. The van der Waals surface area contributed by atoms with Crippen LogP contribution < -0.4 is 15.4 Å². The minimum Gasteiger partial charge on any atom is -0.491 e. The number of nitrogens with one attached hydrogen (secondary N) is 2. The largest absolute Gasteiger partial charge is 0.491 e. The molecule has 116 valence electrons. The van der Waals surface area contributed by atoms with Gasteiger partial charge in [-0.2, -0.15) is 0 Å². The van der Waals surface area contributed by atoms with E-state index >= 15 is 0 Å². The van der Waals surface area contributed by atoms with Gasteiger partial charge in [0.15, 0.2) is 0 Å². The lowest BCUT2D eigenvalue weighted by Crippen LogP contribution is -2.30. The van der Waals surface area contributed by atoms with Gasteiger partial charge in [0, 0.05) is 6.42 Å². The number of aryl methyl sites for hydroxylation is 3. The summed E-state index contributed by atoms with van der Waals surface area (Å²) >= 11 is 0. The van der Waals surface area contributed by atoms with Gasteiger partial charge in [-0.15, -0.1) is 0 Å². The Morgan fingerprint density at radius 1 is 1.33 bits per heavy atom. The molecule has 1 saturated heterocycles. The van der Waals surface area contributed by atoms with Crippen LogP contribution >= 0.6 is 0 Å². The number of benzene rings is 1. The monoisotopic (exact) mass is 290 g/mol. The maximum atomic E-state index is 11.8. The van der Waals surface area contributed by atoms with Crippen molar-refractivity contribution in [2.75, 3.05) is 26.2 Å².